The summed E-state index contributed by atoms with van der Waals surface area (Å²) < 4.78 is 0. The van der Waals surface area contributed by atoms with Gasteiger partial charge in [0.1, 0.15) is 43.2 Å². The number of nitrogens with zero attached hydrogens (tertiary/aromatic N) is 17. The normalized spacial score (nSPS) is 22.8. The van der Waals surface area contributed by atoms with Crippen molar-refractivity contribution in [2.75, 3.05) is 77.2 Å². The third-order valence-electron chi connectivity index (χ3n) is 27.2. The Hall–Kier alpha value is -13.0. The van der Waals surface area contributed by atoms with Gasteiger partial charge in [-0.1, -0.05) is 111 Å². The maximum absolute atomic E-state index is 4.60. The van der Waals surface area contributed by atoms with E-state index in [1.54, 1.807) is 12.4 Å². The maximum Gasteiger partial charge on any atom is 0.178 e. The summed E-state index contributed by atoms with van der Waals surface area (Å²) in [5.41, 5.74) is 28.4. The van der Waals surface area contributed by atoms with Crippen LogP contribution >= 0.6 is 0 Å². The number of aryl methyl sites for hydroxylation is 1. The number of likely N-dealkylation sites (N-methyl/N-ethyl adjacent to an activating group) is 1. The van der Waals surface area contributed by atoms with Gasteiger partial charge in [-0.15, -0.1) is 0 Å². The summed E-state index contributed by atoms with van der Waals surface area (Å²) in [6, 6.07) is 50.0. The van der Waals surface area contributed by atoms with Crippen LogP contribution in [0.4, 0.5) is 68.5 Å². The summed E-state index contributed by atoms with van der Waals surface area (Å²) >= 11 is 0. The zero-order chi connectivity index (χ0) is 83.5. The van der Waals surface area contributed by atoms with Crippen LogP contribution in [0.2, 0.25) is 0 Å². The van der Waals surface area contributed by atoms with Crippen molar-refractivity contribution in [3.63, 3.8) is 0 Å². The van der Waals surface area contributed by atoms with E-state index < -0.39 is 0 Å². The topological polar surface area (TPSA) is 74.4 Å². The molecule has 0 N–H and O–H groups in total. The van der Waals surface area contributed by atoms with Crippen molar-refractivity contribution >= 4 is 90.1 Å². The molecule has 0 fully saturated rings. The van der Waals surface area contributed by atoms with Crippen LogP contribution < -0.4 is 49.0 Å². The Balaban J connectivity index is 0.000000111. The highest BCUT2D eigenvalue weighted by molar-refractivity contribution is 6.07. The van der Waals surface area contributed by atoms with Gasteiger partial charge >= 0.3 is 0 Å². The molecule has 17 heteroatoms. The predicted molar refractivity (Wildman–Crippen MR) is 503 cm³/mol. The summed E-state index contributed by atoms with van der Waals surface area (Å²) in [6.07, 6.45) is 52.7. The molecule has 0 aliphatic carbocycles. The summed E-state index contributed by atoms with van der Waals surface area (Å²) in [4.78, 5) is 44.4. The number of benzene rings is 8. The molecule has 17 nitrogen and oxygen atoms in total. The second-order valence-electron chi connectivity index (χ2n) is 34.1. The van der Waals surface area contributed by atoms with Gasteiger partial charge in [0.15, 0.2) is 11.6 Å². The quantitative estimate of drug-likeness (QED) is 0.138. The van der Waals surface area contributed by atoms with Crippen molar-refractivity contribution in [1.82, 2.24) is 34.5 Å². The molecule has 0 saturated carbocycles. The maximum atomic E-state index is 4.60. The molecule has 9 atom stereocenters. The van der Waals surface area contributed by atoms with E-state index in [2.05, 4.69) is 484 Å². The van der Waals surface area contributed by atoms with Gasteiger partial charge < -0.3 is 73.5 Å². The Bertz CT molecular complexity index is 5720. The van der Waals surface area contributed by atoms with Crippen LogP contribution in [0.25, 0.3) is 21.5 Å². The van der Waals surface area contributed by atoms with E-state index in [4.69, 9.17) is 0 Å². The third-order valence-corrected chi connectivity index (χ3v) is 27.2. The van der Waals surface area contributed by atoms with Crippen molar-refractivity contribution in [2.24, 2.45) is 0 Å². The lowest BCUT2D eigenvalue weighted by atomic mass is 9.77. The molecule has 0 amide bonds. The molecule has 1 aromatic heterocycles. The molecule has 0 bridgehead atoms. The number of anilines is 12. The SMILES string of the molecule is Cc1c(C2c3cccc4cccc(c34)N(C)[C@H]2C)cccc1N1c2cccc3cccc(c23)N(C)[C@@H]1C.Cc1c(N2C=C3C=CC=CN3[C@H]2C)cc(C(C)C)cc1N1C=C2C=CC=CN2[C@@H]1C.Cc1c(N2C=CN(C)[C@H]2C)cccc1N1c2nccnc2N(C)[C@@H]1C.Cc1cc(N2C=C3C=CC=CN3[C@H]2C)c(C)c(N2C=C3C=CC=CN3[C@@H]2C)c1. The van der Waals surface area contributed by atoms with E-state index >= 15 is 0 Å². The van der Waals surface area contributed by atoms with Crippen LogP contribution in [0.1, 0.15) is 126 Å². The minimum Gasteiger partial charge on any atom is -0.370 e. The molecule has 13 heterocycles. The summed E-state index contributed by atoms with van der Waals surface area (Å²) in [5, 5.41) is 5.34. The van der Waals surface area contributed by atoms with Crippen molar-refractivity contribution in [3.8, 4) is 0 Å². The van der Waals surface area contributed by atoms with E-state index in [9.17, 15) is 0 Å². The number of allylic oxidation sites excluding steroid dienone is 12. The number of hydrogen-bond donors (Lipinski definition) is 0. The predicted octanol–water partition coefficient (Wildman–Crippen LogP) is 22.5. The molecule has 1 unspecified atom stereocenters. The molecule has 21 rings (SSSR count). The Morgan fingerprint density at radius 1 is 0.308 bits per heavy atom. The van der Waals surface area contributed by atoms with E-state index in [0.717, 1.165) is 11.6 Å². The number of aromatic nitrogens is 2. The van der Waals surface area contributed by atoms with E-state index in [1.807, 2.05) is 0 Å². The van der Waals surface area contributed by atoms with E-state index in [0.29, 0.717) is 24.0 Å². The lowest BCUT2D eigenvalue weighted by Crippen LogP contribution is -2.45. The number of hydrogen-bond acceptors (Lipinski definition) is 17. The minimum atomic E-state index is 0.167. The number of rotatable bonds is 9. The molecular weight excluding hydrogens is 1480 g/mol. The van der Waals surface area contributed by atoms with Crippen LogP contribution in [0.3, 0.4) is 0 Å². The Labute approximate surface area is 710 Å². The second-order valence-corrected chi connectivity index (χ2v) is 34.1. The zero-order valence-corrected chi connectivity index (χ0v) is 72.9. The Morgan fingerprint density at radius 2 is 0.700 bits per heavy atom. The first-order valence-electron chi connectivity index (χ1n) is 42.8. The molecule has 12 aliphatic heterocycles. The van der Waals surface area contributed by atoms with Gasteiger partial charge in [0.2, 0.25) is 0 Å². The van der Waals surface area contributed by atoms with Crippen LogP contribution in [0.5, 0.6) is 0 Å². The molecule has 610 valence electrons. The van der Waals surface area contributed by atoms with Gasteiger partial charge in [0.25, 0.3) is 0 Å². The molecule has 8 aromatic carbocycles. The largest absolute Gasteiger partial charge is 0.370 e. The van der Waals surface area contributed by atoms with Gasteiger partial charge in [-0.05, 0) is 260 Å². The molecule has 9 aromatic rings. The van der Waals surface area contributed by atoms with Gasteiger partial charge in [0, 0.05) is 177 Å². The van der Waals surface area contributed by atoms with Crippen molar-refractivity contribution in [1.29, 1.82) is 0 Å². The fraction of sp³-hybridized carbons (Fsp3) is 0.282. The lowest BCUT2D eigenvalue weighted by Gasteiger charge is -2.45. The Morgan fingerprint density at radius 3 is 1.18 bits per heavy atom. The molecule has 12 aliphatic rings. The highest BCUT2D eigenvalue weighted by Crippen LogP contribution is 2.52. The van der Waals surface area contributed by atoms with Crippen LogP contribution in [0.15, 0.2) is 304 Å². The third kappa shape index (κ3) is 13.0. The van der Waals surface area contributed by atoms with Gasteiger partial charge in [-0.2, -0.15) is 0 Å². The highest BCUT2D eigenvalue weighted by Gasteiger charge is 2.41. The molecular formula is C103H113N17. The minimum absolute atomic E-state index is 0.167. The smallest absolute Gasteiger partial charge is 0.178 e. The molecule has 0 saturated heterocycles. The highest BCUT2D eigenvalue weighted by atomic mass is 15.5. The first kappa shape index (κ1) is 78.2. The molecule has 0 radical (unpaired) electrons. The van der Waals surface area contributed by atoms with Gasteiger partial charge in [-0.25, -0.2) is 9.97 Å². The van der Waals surface area contributed by atoms with Crippen molar-refractivity contribution in [2.45, 2.75) is 165 Å². The first-order valence-corrected chi connectivity index (χ1v) is 42.8. The van der Waals surface area contributed by atoms with Crippen LogP contribution in [-0.4, -0.2) is 112 Å². The van der Waals surface area contributed by atoms with Crippen molar-refractivity contribution < 1.29 is 0 Å². The second kappa shape index (κ2) is 31.0. The average molecular weight is 1590 g/mol. The van der Waals surface area contributed by atoms with Crippen LogP contribution in [-0.2, 0) is 0 Å². The van der Waals surface area contributed by atoms with Crippen molar-refractivity contribution in [3.05, 3.63) is 348 Å². The lowest BCUT2D eigenvalue weighted by molar-refractivity contribution is 0.383. The standard InChI is InChI=1S/C34H33N3.C26H30N4.C24H26N4.C19H24N6/c1-21-26(32-22(2)35(4)29-18-7-12-24-11-6-16-27(32)33(24)29)15-10-17-28(21)37-23(3)36(5)30-19-8-13-25-14-9-20-31(37)34(25)30;1-18(2)22-14-25(29-16-23-10-6-8-12-27(23)20(29)4)19(3)26(15-22)30-17-24-11-7-9-13-28(24)21(30)5;1-17-13-23(27-15-21-9-5-7-11-25(21)19(27)3)18(2)24(14-17)28-16-22-10-6-8-12-26(22)20(28)4;1-13-16(24-12-11-22(4)14(24)2)7-6-8-17(13)25-15(3)23(5)18-19(25)21-10-9-20-18/h6-20,22-23,32H,1-5H3;6-18,20-21H,1-5H3;5-16,19-20H,1-4H3;6-12,14-15H,1-5H3/t22-,23-,32?;20-,21+;19-,20+;14-,15+/m0..1/s1. The molecule has 120 heavy (non-hydrogen) atoms. The molecule has 0 spiro atoms. The summed E-state index contributed by atoms with van der Waals surface area (Å²) in [6.45, 7) is 33.9. The first-order chi connectivity index (χ1) is 58.0. The van der Waals surface area contributed by atoms with E-state index in [-0.39, 0.29) is 37.0 Å². The van der Waals surface area contributed by atoms with Gasteiger partial charge in [0.05, 0.1) is 28.5 Å². The fourth-order valence-corrected chi connectivity index (χ4v) is 19.8. The zero-order valence-electron chi connectivity index (χ0n) is 72.9. The van der Waals surface area contributed by atoms with Gasteiger partial charge in [-0.3, -0.25) is 0 Å². The van der Waals surface area contributed by atoms with Crippen LogP contribution in [0, 0.1) is 34.6 Å². The monoisotopic (exact) mass is 1590 g/mol. The summed E-state index contributed by atoms with van der Waals surface area (Å²) in [7, 11) is 8.64. The summed E-state index contributed by atoms with van der Waals surface area (Å²) in [5.74, 6) is 2.60. The average Bonchev–Trinajstić information content (AvgIpc) is 1.17. The van der Waals surface area contributed by atoms with E-state index in [1.165, 1.54) is 146 Å². The number of fused-ring (bicyclic) bond motifs is 5. The fourth-order valence-electron chi connectivity index (χ4n) is 19.8. The Kier molecular flexibility index (Phi) is 20.2.